The van der Waals surface area contributed by atoms with Crippen molar-refractivity contribution >= 4 is 51.8 Å². The Hall–Kier alpha value is -3.42. The van der Waals surface area contributed by atoms with Gasteiger partial charge in [0.1, 0.15) is 0 Å². The maximum Gasteiger partial charge on any atom is 0.0364 e. The number of hydrogen-bond acceptors (Lipinski definition) is 0. The predicted octanol–water partition coefficient (Wildman–Crippen LogP) is 11.7. The van der Waals surface area contributed by atoms with Gasteiger partial charge >= 0.3 is 0 Å². The standard InChI is InChI=1S/C45H46.Na/c1-26-11-27(2)17-36(16-26)41-42(37-18-28(3)12-29(4)19-37)44(39-22-32(7)14-33(8)23-39)45(40-24-34(9)15-35(10)25-40)43(41)38-20-30(5)13-31(6)21-38;/h11-25,41H,1-10H3;. The molecule has 0 bridgehead atoms. The molecule has 0 aromatic heterocycles. The molecule has 1 radical (unpaired) electrons. The van der Waals surface area contributed by atoms with Gasteiger partial charge in [-0.1, -0.05) is 147 Å². The van der Waals surface area contributed by atoms with Crippen LogP contribution in [0, 0.1) is 69.2 Å². The van der Waals surface area contributed by atoms with Crippen molar-refractivity contribution in [3.8, 4) is 0 Å². The Labute approximate surface area is 299 Å². The third-order valence-corrected chi connectivity index (χ3v) is 9.03. The second-order valence-corrected chi connectivity index (χ2v) is 13.9. The fourth-order valence-corrected chi connectivity index (χ4v) is 7.93. The van der Waals surface area contributed by atoms with E-state index < -0.39 is 0 Å². The third-order valence-electron chi connectivity index (χ3n) is 9.03. The van der Waals surface area contributed by atoms with Gasteiger partial charge in [-0.2, -0.15) is 0 Å². The molecule has 1 aliphatic carbocycles. The van der Waals surface area contributed by atoms with Crippen molar-refractivity contribution in [1.29, 1.82) is 0 Å². The van der Waals surface area contributed by atoms with E-state index >= 15 is 0 Å². The van der Waals surface area contributed by atoms with Crippen molar-refractivity contribution in [2.24, 2.45) is 0 Å². The molecule has 0 saturated carbocycles. The van der Waals surface area contributed by atoms with Gasteiger partial charge in [-0.15, -0.1) is 0 Å². The summed E-state index contributed by atoms with van der Waals surface area (Å²) in [4.78, 5) is 0. The summed E-state index contributed by atoms with van der Waals surface area (Å²) in [6.45, 7) is 22.3. The van der Waals surface area contributed by atoms with Crippen molar-refractivity contribution < 1.29 is 0 Å². The molecular weight excluding hydrogens is 563 g/mol. The minimum atomic E-state index is 0. The maximum atomic E-state index is 2.42. The zero-order valence-electron chi connectivity index (χ0n) is 29.7. The van der Waals surface area contributed by atoms with Crippen LogP contribution in [0.15, 0.2) is 91.0 Å². The van der Waals surface area contributed by atoms with Crippen molar-refractivity contribution in [3.05, 3.63) is 174 Å². The normalized spacial score (nSPS) is 13.4. The van der Waals surface area contributed by atoms with Crippen LogP contribution in [0.1, 0.15) is 89.4 Å². The Balaban J connectivity index is 0.00000417. The molecule has 0 heterocycles. The molecule has 0 atom stereocenters. The summed E-state index contributed by atoms with van der Waals surface area (Å²) >= 11 is 0. The molecule has 0 aliphatic heterocycles. The summed E-state index contributed by atoms with van der Waals surface area (Å²) in [5.41, 5.74) is 25.0. The monoisotopic (exact) mass is 609 g/mol. The second-order valence-electron chi connectivity index (χ2n) is 13.9. The van der Waals surface area contributed by atoms with Gasteiger partial charge in [0.15, 0.2) is 0 Å². The van der Waals surface area contributed by atoms with E-state index in [1.165, 1.54) is 106 Å². The molecule has 0 nitrogen and oxygen atoms in total. The Morgan fingerprint density at radius 2 is 0.500 bits per heavy atom. The molecule has 46 heavy (non-hydrogen) atoms. The number of rotatable bonds is 5. The Morgan fingerprint density at radius 3 is 0.761 bits per heavy atom. The molecule has 0 spiro atoms. The molecular formula is C45H46Na. The first kappa shape index (κ1) is 33.9. The van der Waals surface area contributed by atoms with Crippen molar-refractivity contribution in [1.82, 2.24) is 0 Å². The van der Waals surface area contributed by atoms with Crippen LogP contribution >= 0.6 is 0 Å². The molecule has 0 amide bonds. The average molecular weight is 610 g/mol. The van der Waals surface area contributed by atoms with E-state index in [1.54, 1.807) is 0 Å². The predicted molar refractivity (Wildman–Crippen MR) is 202 cm³/mol. The fraction of sp³-hybridized carbons (Fsp3) is 0.244. The Kier molecular flexibility index (Phi) is 9.86. The number of hydrogen-bond donors (Lipinski definition) is 0. The maximum absolute atomic E-state index is 2.42. The summed E-state index contributed by atoms with van der Waals surface area (Å²) in [7, 11) is 0. The minimum absolute atomic E-state index is 0. The van der Waals surface area contributed by atoms with Crippen molar-refractivity contribution in [2.75, 3.05) is 0 Å². The number of allylic oxidation sites excluding steroid dienone is 4. The van der Waals surface area contributed by atoms with Crippen LogP contribution in [0.25, 0.3) is 22.3 Å². The SMILES string of the molecule is Cc1cc(C)cc(C2=C(c3cc(C)cc(C)c3)C(c3cc(C)cc(C)c3)C(c3cc(C)cc(C)c3)=C2c2cc(C)cc(C)c2)c1.[Na]. The van der Waals surface area contributed by atoms with E-state index in [2.05, 4.69) is 160 Å². The number of aryl methyl sites for hydroxylation is 10. The van der Waals surface area contributed by atoms with Gasteiger partial charge in [0.25, 0.3) is 0 Å². The van der Waals surface area contributed by atoms with Crippen LogP contribution in [-0.4, -0.2) is 29.6 Å². The molecule has 1 heteroatoms. The summed E-state index contributed by atoms with van der Waals surface area (Å²) in [6.07, 6.45) is 0. The van der Waals surface area contributed by atoms with Gasteiger partial charge in [0, 0.05) is 35.5 Å². The summed E-state index contributed by atoms with van der Waals surface area (Å²) < 4.78 is 0. The number of benzene rings is 5. The quantitative estimate of drug-likeness (QED) is 0.174. The molecule has 0 saturated heterocycles. The van der Waals surface area contributed by atoms with E-state index in [0.717, 1.165) is 0 Å². The summed E-state index contributed by atoms with van der Waals surface area (Å²) in [6, 6.07) is 35.6. The van der Waals surface area contributed by atoms with Crippen molar-refractivity contribution in [2.45, 2.75) is 75.2 Å². The molecule has 5 aromatic carbocycles. The first-order chi connectivity index (χ1) is 21.4. The van der Waals surface area contributed by atoms with E-state index in [9.17, 15) is 0 Å². The fourth-order valence-electron chi connectivity index (χ4n) is 7.93. The van der Waals surface area contributed by atoms with Crippen LogP contribution in [-0.2, 0) is 0 Å². The smallest absolute Gasteiger partial charge is 0.0364 e. The van der Waals surface area contributed by atoms with Crippen molar-refractivity contribution in [3.63, 3.8) is 0 Å². The molecule has 0 N–H and O–H groups in total. The van der Waals surface area contributed by atoms with Crippen LogP contribution in [0.4, 0.5) is 0 Å². The average Bonchev–Trinajstić information content (AvgIpc) is 3.27. The third kappa shape index (κ3) is 6.82. The molecule has 6 rings (SSSR count). The molecule has 0 fully saturated rings. The summed E-state index contributed by atoms with van der Waals surface area (Å²) in [5.74, 6) is 0.0673. The summed E-state index contributed by atoms with van der Waals surface area (Å²) in [5, 5.41) is 0. The van der Waals surface area contributed by atoms with Crippen LogP contribution in [0.5, 0.6) is 0 Å². The van der Waals surface area contributed by atoms with E-state index in [4.69, 9.17) is 0 Å². The molecule has 0 unspecified atom stereocenters. The van der Waals surface area contributed by atoms with Gasteiger partial charge in [-0.3, -0.25) is 0 Å². The van der Waals surface area contributed by atoms with Gasteiger partial charge in [-0.05, 0) is 119 Å². The minimum Gasteiger partial charge on any atom is -0.0564 e. The second kappa shape index (κ2) is 13.4. The van der Waals surface area contributed by atoms with Crippen LogP contribution in [0.3, 0.4) is 0 Å². The van der Waals surface area contributed by atoms with E-state index in [1.807, 2.05) is 0 Å². The molecule has 227 valence electrons. The van der Waals surface area contributed by atoms with Crippen LogP contribution in [0.2, 0.25) is 0 Å². The first-order valence-corrected chi connectivity index (χ1v) is 16.3. The topological polar surface area (TPSA) is 0 Å². The van der Waals surface area contributed by atoms with E-state index in [-0.39, 0.29) is 35.5 Å². The zero-order chi connectivity index (χ0) is 32.2. The Bertz CT molecular complexity index is 1820. The van der Waals surface area contributed by atoms with Gasteiger partial charge in [0.05, 0.1) is 0 Å². The van der Waals surface area contributed by atoms with Crippen LogP contribution < -0.4 is 0 Å². The molecule has 5 aromatic rings. The van der Waals surface area contributed by atoms with Gasteiger partial charge < -0.3 is 0 Å². The van der Waals surface area contributed by atoms with Gasteiger partial charge in [-0.25, -0.2) is 0 Å². The largest absolute Gasteiger partial charge is 0.0564 e. The first-order valence-electron chi connectivity index (χ1n) is 16.3. The molecule has 1 aliphatic rings. The zero-order valence-corrected chi connectivity index (χ0v) is 31.7. The Morgan fingerprint density at radius 1 is 0.283 bits per heavy atom. The van der Waals surface area contributed by atoms with Gasteiger partial charge in [0.2, 0.25) is 0 Å². The van der Waals surface area contributed by atoms with E-state index in [0.29, 0.717) is 0 Å².